The predicted molar refractivity (Wildman–Crippen MR) is 127 cm³/mol. The van der Waals surface area contributed by atoms with E-state index in [0.717, 1.165) is 16.2 Å². The summed E-state index contributed by atoms with van der Waals surface area (Å²) in [4.78, 5) is 52.4. The van der Waals surface area contributed by atoms with E-state index in [0.29, 0.717) is 43.9 Å². The fraction of sp³-hybridized carbons (Fsp3) is 0.560. The van der Waals surface area contributed by atoms with Gasteiger partial charge in [0.05, 0.1) is 31.4 Å². The Morgan fingerprint density at radius 1 is 1.03 bits per heavy atom. The fourth-order valence-corrected chi connectivity index (χ4v) is 4.83. The number of benzene rings is 1. The van der Waals surface area contributed by atoms with E-state index in [9.17, 15) is 19.2 Å². The third-order valence-corrected chi connectivity index (χ3v) is 6.95. The summed E-state index contributed by atoms with van der Waals surface area (Å²) in [6.45, 7) is 4.50. The fourth-order valence-electron chi connectivity index (χ4n) is 4.83. The molecule has 3 heterocycles. The van der Waals surface area contributed by atoms with Gasteiger partial charge in [0.15, 0.2) is 11.5 Å². The summed E-state index contributed by atoms with van der Waals surface area (Å²) in [6, 6.07) is 5.46. The molecule has 0 atom stereocenters. The van der Waals surface area contributed by atoms with Crippen molar-refractivity contribution in [3.8, 4) is 11.5 Å². The van der Waals surface area contributed by atoms with Crippen LogP contribution in [0.15, 0.2) is 23.3 Å². The molecular formula is C25H32N4O6. The van der Waals surface area contributed by atoms with E-state index in [-0.39, 0.29) is 49.1 Å². The first-order valence-electron chi connectivity index (χ1n) is 11.9. The number of rotatable bonds is 6. The molecule has 0 radical (unpaired) electrons. The molecule has 188 valence electrons. The standard InChI is InChI=1S/C25H32N4O6/c1-25(2)14-18(16-5-6-19(34-3)20(13-16)35-4)26-29(24(25)33)17-9-11-27(12-10-17)23(32)15-28-21(30)7-8-22(28)31/h5-6,13,17H,7-12,14-15H2,1-4H3. The summed E-state index contributed by atoms with van der Waals surface area (Å²) in [5.41, 5.74) is 1.02. The van der Waals surface area contributed by atoms with Gasteiger partial charge in [-0.15, -0.1) is 0 Å². The van der Waals surface area contributed by atoms with Crippen molar-refractivity contribution in [2.24, 2.45) is 10.5 Å². The van der Waals surface area contributed by atoms with Crippen LogP contribution in [-0.2, 0) is 19.2 Å². The highest BCUT2D eigenvalue weighted by Crippen LogP contribution is 2.36. The molecular weight excluding hydrogens is 452 g/mol. The van der Waals surface area contributed by atoms with Gasteiger partial charge in [-0.1, -0.05) is 13.8 Å². The summed E-state index contributed by atoms with van der Waals surface area (Å²) in [5.74, 6) is 0.337. The molecule has 0 aromatic heterocycles. The Labute approximate surface area is 204 Å². The van der Waals surface area contributed by atoms with E-state index < -0.39 is 5.41 Å². The Bertz CT molecular complexity index is 1060. The molecule has 10 nitrogen and oxygen atoms in total. The Balaban J connectivity index is 1.48. The zero-order valence-electron chi connectivity index (χ0n) is 20.7. The van der Waals surface area contributed by atoms with E-state index in [4.69, 9.17) is 14.6 Å². The maximum atomic E-state index is 13.3. The van der Waals surface area contributed by atoms with Crippen molar-refractivity contribution in [3.63, 3.8) is 0 Å². The van der Waals surface area contributed by atoms with Crippen LogP contribution in [0, 0.1) is 5.41 Å². The van der Waals surface area contributed by atoms with Crippen LogP contribution >= 0.6 is 0 Å². The second-order valence-electron chi connectivity index (χ2n) is 9.81. The molecule has 0 bridgehead atoms. The van der Waals surface area contributed by atoms with E-state index in [1.807, 2.05) is 32.0 Å². The van der Waals surface area contributed by atoms with Gasteiger partial charge in [0.1, 0.15) is 6.54 Å². The molecule has 1 aromatic rings. The molecule has 0 N–H and O–H groups in total. The minimum absolute atomic E-state index is 0.0419. The molecule has 1 aromatic carbocycles. The second-order valence-corrected chi connectivity index (χ2v) is 9.81. The summed E-state index contributed by atoms with van der Waals surface area (Å²) in [5, 5.41) is 6.35. The van der Waals surface area contributed by atoms with Gasteiger partial charge in [-0.25, -0.2) is 5.01 Å². The molecule has 35 heavy (non-hydrogen) atoms. The summed E-state index contributed by atoms with van der Waals surface area (Å²) >= 11 is 0. The molecule has 0 saturated carbocycles. The molecule has 4 amide bonds. The first kappa shape index (κ1) is 24.7. The van der Waals surface area contributed by atoms with Crippen LogP contribution in [0.4, 0.5) is 0 Å². The summed E-state index contributed by atoms with van der Waals surface area (Å²) in [7, 11) is 3.16. The van der Waals surface area contributed by atoms with Gasteiger partial charge in [-0.05, 0) is 31.0 Å². The lowest BCUT2D eigenvalue weighted by Gasteiger charge is -2.42. The molecule has 10 heteroatoms. The maximum absolute atomic E-state index is 13.3. The van der Waals surface area contributed by atoms with Crippen molar-refractivity contribution < 1.29 is 28.7 Å². The zero-order valence-corrected chi connectivity index (χ0v) is 20.7. The van der Waals surface area contributed by atoms with Gasteiger partial charge in [-0.3, -0.25) is 24.1 Å². The highest BCUT2D eigenvalue weighted by molar-refractivity contribution is 6.06. The van der Waals surface area contributed by atoms with Crippen LogP contribution < -0.4 is 9.47 Å². The van der Waals surface area contributed by atoms with Crippen molar-refractivity contribution in [2.75, 3.05) is 33.9 Å². The number of hydrazone groups is 1. The van der Waals surface area contributed by atoms with Crippen molar-refractivity contribution in [1.29, 1.82) is 0 Å². The van der Waals surface area contributed by atoms with Crippen LogP contribution in [0.2, 0.25) is 0 Å². The average molecular weight is 485 g/mol. The van der Waals surface area contributed by atoms with Gasteiger partial charge < -0.3 is 14.4 Å². The lowest BCUT2D eigenvalue weighted by Crippen LogP contribution is -2.53. The largest absolute Gasteiger partial charge is 0.493 e. The molecule has 2 saturated heterocycles. The SMILES string of the molecule is COc1ccc(C2=NN(C3CCN(C(=O)CN4C(=O)CCC4=O)CC3)C(=O)C(C)(C)C2)cc1OC. The number of hydrogen-bond donors (Lipinski definition) is 0. The number of carbonyl (C=O) groups excluding carboxylic acids is 4. The Kier molecular flexibility index (Phi) is 6.82. The average Bonchev–Trinajstić information content (AvgIpc) is 3.17. The summed E-state index contributed by atoms with van der Waals surface area (Å²) in [6.07, 6.45) is 1.96. The number of carbonyl (C=O) groups is 4. The third-order valence-electron chi connectivity index (χ3n) is 6.95. The quantitative estimate of drug-likeness (QED) is 0.570. The van der Waals surface area contributed by atoms with E-state index >= 15 is 0 Å². The van der Waals surface area contributed by atoms with Crippen molar-refractivity contribution in [2.45, 2.75) is 52.0 Å². The minimum atomic E-state index is -0.631. The Morgan fingerprint density at radius 3 is 2.26 bits per heavy atom. The Hall–Kier alpha value is -3.43. The normalized spacial score (nSPS) is 20.9. The highest BCUT2D eigenvalue weighted by atomic mass is 16.5. The molecule has 3 aliphatic heterocycles. The minimum Gasteiger partial charge on any atom is -0.493 e. The zero-order chi connectivity index (χ0) is 25.3. The van der Waals surface area contributed by atoms with Crippen LogP contribution in [0.5, 0.6) is 11.5 Å². The van der Waals surface area contributed by atoms with Gasteiger partial charge in [0, 0.05) is 37.9 Å². The smallest absolute Gasteiger partial charge is 0.248 e. The molecule has 3 aliphatic rings. The molecule has 0 aliphatic carbocycles. The van der Waals surface area contributed by atoms with Crippen LogP contribution in [0.3, 0.4) is 0 Å². The first-order chi connectivity index (χ1) is 16.6. The number of imide groups is 1. The van der Waals surface area contributed by atoms with Crippen molar-refractivity contribution in [3.05, 3.63) is 23.8 Å². The molecule has 0 spiro atoms. The van der Waals surface area contributed by atoms with Gasteiger partial charge >= 0.3 is 0 Å². The first-order valence-corrected chi connectivity index (χ1v) is 11.9. The topological polar surface area (TPSA) is 109 Å². The lowest BCUT2D eigenvalue weighted by atomic mass is 9.82. The Morgan fingerprint density at radius 2 is 1.66 bits per heavy atom. The molecule has 2 fully saturated rings. The van der Waals surface area contributed by atoms with E-state index in [1.165, 1.54) is 0 Å². The monoisotopic (exact) mass is 484 g/mol. The third kappa shape index (κ3) is 4.87. The van der Waals surface area contributed by atoms with Crippen molar-refractivity contribution >= 4 is 29.3 Å². The number of hydrogen-bond acceptors (Lipinski definition) is 7. The van der Waals surface area contributed by atoms with Gasteiger partial charge in [0.25, 0.3) is 0 Å². The lowest BCUT2D eigenvalue weighted by molar-refractivity contribution is -0.148. The predicted octanol–water partition coefficient (Wildman–Crippen LogP) is 1.81. The number of nitrogens with zero attached hydrogens (tertiary/aromatic N) is 4. The number of likely N-dealkylation sites (tertiary alicyclic amines) is 2. The van der Waals surface area contributed by atoms with Gasteiger partial charge in [-0.2, -0.15) is 5.10 Å². The van der Waals surface area contributed by atoms with Crippen molar-refractivity contribution in [1.82, 2.24) is 14.8 Å². The number of piperidine rings is 1. The van der Waals surface area contributed by atoms with Crippen LogP contribution in [0.1, 0.15) is 51.5 Å². The van der Waals surface area contributed by atoms with Crippen LogP contribution in [-0.4, -0.2) is 84.0 Å². The highest BCUT2D eigenvalue weighted by Gasteiger charge is 2.42. The number of ether oxygens (including phenoxy) is 2. The molecule has 4 rings (SSSR count). The maximum Gasteiger partial charge on any atom is 0.248 e. The van der Waals surface area contributed by atoms with Gasteiger partial charge in [0.2, 0.25) is 23.6 Å². The number of amides is 4. The molecule has 0 unspecified atom stereocenters. The van der Waals surface area contributed by atoms with E-state index in [1.54, 1.807) is 24.1 Å². The second kappa shape index (κ2) is 9.67. The summed E-state index contributed by atoms with van der Waals surface area (Å²) < 4.78 is 10.8. The van der Waals surface area contributed by atoms with Crippen LogP contribution in [0.25, 0.3) is 0 Å². The number of methoxy groups -OCH3 is 2. The van der Waals surface area contributed by atoms with E-state index in [2.05, 4.69) is 0 Å².